The summed E-state index contributed by atoms with van der Waals surface area (Å²) in [5.74, 6) is 2.66. The molecular weight excluding hydrogens is 86.1 g/mol. The van der Waals surface area contributed by atoms with Crippen molar-refractivity contribution in [1.29, 1.82) is 0 Å². The molecule has 1 heteroatoms. The Labute approximate surface area is 44.9 Å². The lowest BCUT2D eigenvalue weighted by Crippen LogP contribution is -2.02. The van der Waals surface area contributed by atoms with E-state index in [1.165, 1.54) is 0 Å². The van der Waals surface area contributed by atoms with E-state index in [2.05, 4.69) is 13.8 Å². The van der Waals surface area contributed by atoms with Crippen molar-refractivity contribution in [3.05, 3.63) is 0 Å². The van der Waals surface area contributed by atoms with E-state index in [0.29, 0.717) is 0 Å². The number of rotatable bonds is 1. The molecule has 1 aliphatic rings. The average Bonchev–Trinajstić information content (AvgIpc) is 2.17. The van der Waals surface area contributed by atoms with Gasteiger partial charge in [-0.3, -0.25) is 0 Å². The third-order valence-electron chi connectivity index (χ3n) is 2.31. The van der Waals surface area contributed by atoms with Crippen molar-refractivity contribution in [3.8, 4) is 0 Å². The summed E-state index contributed by atoms with van der Waals surface area (Å²) in [6.07, 6.45) is 0. The van der Waals surface area contributed by atoms with Crippen molar-refractivity contribution < 1.29 is 0 Å². The first-order chi connectivity index (χ1) is 3.27. The van der Waals surface area contributed by atoms with Crippen LogP contribution in [-0.4, -0.2) is 6.54 Å². The van der Waals surface area contributed by atoms with Crippen LogP contribution in [0, 0.1) is 17.8 Å². The Kier molecular flexibility index (Phi) is 1.08. The van der Waals surface area contributed by atoms with E-state index in [9.17, 15) is 0 Å². The molecule has 0 amide bonds. The van der Waals surface area contributed by atoms with Crippen LogP contribution in [0.1, 0.15) is 13.8 Å². The molecular formula is C6H13N. The van der Waals surface area contributed by atoms with Crippen molar-refractivity contribution in [2.24, 2.45) is 23.5 Å². The highest BCUT2D eigenvalue weighted by molar-refractivity contribution is 4.90. The summed E-state index contributed by atoms with van der Waals surface area (Å²) in [4.78, 5) is 0. The van der Waals surface area contributed by atoms with E-state index in [1.54, 1.807) is 0 Å². The molecule has 0 saturated heterocycles. The van der Waals surface area contributed by atoms with E-state index in [-0.39, 0.29) is 0 Å². The van der Waals surface area contributed by atoms with Gasteiger partial charge in [0.2, 0.25) is 0 Å². The minimum atomic E-state index is 0.847. The summed E-state index contributed by atoms with van der Waals surface area (Å²) >= 11 is 0. The molecule has 1 saturated carbocycles. The van der Waals surface area contributed by atoms with Gasteiger partial charge in [0.15, 0.2) is 0 Å². The topological polar surface area (TPSA) is 26.0 Å². The van der Waals surface area contributed by atoms with Crippen molar-refractivity contribution >= 4 is 0 Å². The molecule has 0 aromatic heterocycles. The molecule has 7 heavy (non-hydrogen) atoms. The highest BCUT2D eigenvalue weighted by atomic mass is 14.6. The van der Waals surface area contributed by atoms with Gasteiger partial charge in [-0.2, -0.15) is 0 Å². The largest absolute Gasteiger partial charge is 0.330 e. The van der Waals surface area contributed by atoms with E-state index < -0.39 is 0 Å². The van der Waals surface area contributed by atoms with Crippen LogP contribution in [0.15, 0.2) is 0 Å². The lowest BCUT2D eigenvalue weighted by Gasteiger charge is -1.81. The van der Waals surface area contributed by atoms with E-state index in [4.69, 9.17) is 5.73 Å². The van der Waals surface area contributed by atoms with Gasteiger partial charge in [-0.15, -0.1) is 0 Å². The number of nitrogens with two attached hydrogens (primary N) is 1. The van der Waals surface area contributed by atoms with Crippen LogP contribution in [0.4, 0.5) is 0 Å². The van der Waals surface area contributed by atoms with Gasteiger partial charge < -0.3 is 5.73 Å². The molecule has 1 aliphatic carbocycles. The minimum Gasteiger partial charge on any atom is -0.330 e. The van der Waals surface area contributed by atoms with Crippen LogP contribution in [0.3, 0.4) is 0 Å². The molecule has 0 unspecified atom stereocenters. The van der Waals surface area contributed by atoms with E-state index in [0.717, 1.165) is 24.3 Å². The molecule has 1 fully saturated rings. The Morgan fingerprint density at radius 1 is 1.29 bits per heavy atom. The lowest BCUT2D eigenvalue weighted by atomic mass is 10.3. The molecule has 1 rings (SSSR count). The second kappa shape index (κ2) is 1.48. The van der Waals surface area contributed by atoms with Gasteiger partial charge in [0, 0.05) is 0 Å². The van der Waals surface area contributed by atoms with Crippen molar-refractivity contribution in [1.82, 2.24) is 0 Å². The number of hydrogen-bond donors (Lipinski definition) is 1. The third-order valence-corrected chi connectivity index (χ3v) is 2.31. The lowest BCUT2D eigenvalue weighted by molar-refractivity contribution is 0.747. The summed E-state index contributed by atoms with van der Waals surface area (Å²) in [5.41, 5.74) is 5.41. The van der Waals surface area contributed by atoms with Crippen molar-refractivity contribution in [3.63, 3.8) is 0 Å². The molecule has 0 heterocycles. The maximum absolute atomic E-state index is 5.41. The smallest absolute Gasteiger partial charge is 0.00436 e. The monoisotopic (exact) mass is 99.1 g/mol. The summed E-state index contributed by atoms with van der Waals surface area (Å²) in [5, 5.41) is 0. The van der Waals surface area contributed by atoms with Gasteiger partial charge in [-0.1, -0.05) is 13.8 Å². The summed E-state index contributed by atoms with van der Waals surface area (Å²) in [6, 6.07) is 0. The Morgan fingerprint density at radius 2 is 1.71 bits per heavy atom. The number of hydrogen-bond acceptors (Lipinski definition) is 1. The van der Waals surface area contributed by atoms with Crippen LogP contribution in [-0.2, 0) is 0 Å². The molecule has 0 aliphatic heterocycles. The minimum absolute atomic E-state index is 0.847. The highest BCUT2D eigenvalue weighted by Crippen LogP contribution is 2.44. The highest BCUT2D eigenvalue weighted by Gasteiger charge is 2.40. The molecule has 2 N–H and O–H groups in total. The molecule has 0 bridgehead atoms. The van der Waals surface area contributed by atoms with Crippen molar-refractivity contribution in [2.75, 3.05) is 6.54 Å². The fraction of sp³-hybridized carbons (Fsp3) is 1.00. The molecule has 0 aromatic rings. The average molecular weight is 99.2 g/mol. The van der Waals surface area contributed by atoms with Gasteiger partial charge in [-0.25, -0.2) is 0 Å². The summed E-state index contributed by atoms with van der Waals surface area (Å²) < 4.78 is 0. The zero-order valence-corrected chi connectivity index (χ0v) is 5.02. The first-order valence-electron chi connectivity index (χ1n) is 2.97. The third kappa shape index (κ3) is 0.653. The maximum atomic E-state index is 5.41. The van der Waals surface area contributed by atoms with Gasteiger partial charge in [-0.05, 0) is 24.3 Å². The predicted molar refractivity (Wildman–Crippen MR) is 30.9 cm³/mol. The Morgan fingerprint density at radius 3 is 1.71 bits per heavy atom. The van der Waals surface area contributed by atoms with E-state index >= 15 is 0 Å². The van der Waals surface area contributed by atoms with Gasteiger partial charge in [0.1, 0.15) is 0 Å². The van der Waals surface area contributed by atoms with Crippen LogP contribution in [0.25, 0.3) is 0 Å². The standard InChI is InChI=1S/C6H13N/c1-4-5(2)6(4)3-7/h4-6H,3,7H2,1-2H3/t4-,5-/m0/s1. The van der Waals surface area contributed by atoms with Crippen LogP contribution in [0.2, 0.25) is 0 Å². The normalized spacial score (nSPS) is 49.3. The van der Waals surface area contributed by atoms with Gasteiger partial charge in [0.25, 0.3) is 0 Å². The second-order valence-corrected chi connectivity index (χ2v) is 2.62. The zero-order chi connectivity index (χ0) is 5.44. The quantitative estimate of drug-likeness (QED) is 0.518. The Balaban J connectivity index is 2.24. The summed E-state index contributed by atoms with van der Waals surface area (Å²) in [6.45, 7) is 5.42. The Hall–Kier alpha value is -0.0400. The van der Waals surface area contributed by atoms with Crippen LogP contribution in [0.5, 0.6) is 0 Å². The van der Waals surface area contributed by atoms with Gasteiger partial charge in [0.05, 0.1) is 0 Å². The Bertz CT molecular complexity index is 62.6. The van der Waals surface area contributed by atoms with Crippen LogP contribution < -0.4 is 5.73 Å². The first kappa shape index (κ1) is 5.10. The summed E-state index contributed by atoms with van der Waals surface area (Å²) in [7, 11) is 0. The van der Waals surface area contributed by atoms with E-state index in [1.807, 2.05) is 0 Å². The molecule has 0 spiro atoms. The molecule has 42 valence electrons. The maximum Gasteiger partial charge on any atom is -0.00436 e. The van der Waals surface area contributed by atoms with Gasteiger partial charge >= 0.3 is 0 Å². The first-order valence-corrected chi connectivity index (χ1v) is 2.97. The van der Waals surface area contributed by atoms with Crippen LogP contribution >= 0.6 is 0 Å². The second-order valence-electron chi connectivity index (χ2n) is 2.62. The molecule has 0 radical (unpaired) electrons. The zero-order valence-electron chi connectivity index (χ0n) is 5.02. The van der Waals surface area contributed by atoms with Crippen molar-refractivity contribution in [2.45, 2.75) is 13.8 Å². The SMILES string of the molecule is C[C@@H]1C(CN)[C@H]1C. The fourth-order valence-corrected chi connectivity index (χ4v) is 1.19. The molecule has 1 nitrogen and oxygen atoms in total. The molecule has 2 atom stereocenters. The fourth-order valence-electron chi connectivity index (χ4n) is 1.19. The predicted octanol–water partition coefficient (Wildman–Crippen LogP) is 0.847. The molecule has 0 aromatic carbocycles.